The van der Waals surface area contributed by atoms with Crippen LogP contribution in [0.1, 0.15) is 226 Å². The minimum absolute atomic E-state index is 0.193. The molecule has 11 heteroatoms. The lowest BCUT2D eigenvalue weighted by Gasteiger charge is -2.20. The van der Waals surface area contributed by atoms with Crippen LogP contribution < -0.4 is 0 Å². The summed E-state index contributed by atoms with van der Waals surface area (Å²) in [5.74, 6) is -0.911. The van der Waals surface area contributed by atoms with Gasteiger partial charge in [-0.25, -0.2) is 4.57 Å². The Morgan fingerprint density at radius 1 is 0.481 bits per heavy atom. The van der Waals surface area contributed by atoms with Crippen LogP contribution in [-0.2, 0) is 32.7 Å². The lowest BCUT2D eigenvalue weighted by Crippen LogP contribution is -2.29. The molecule has 0 saturated heterocycles. The fraction of sp³-hybridized carbons (Fsp3) is 0.953. The average Bonchev–Trinajstić information content (AvgIpc) is 3.16. The van der Waals surface area contributed by atoms with E-state index in [0.29, 0.717) is 12.8 Å². The number of phosphoric acid groups is 1. The van der Waals surface area contributed by atoms with Gasteiger partial charge in [0.1, 0.15) is 12.7 Å². The first kappa shape index (κ1) is 53.0. The van der Waals surface area contributed by atoms with E-state index in [2.05, 4.69) is 18.4 Å². The molecule has 3 unspecified atom stereocenters. The van der Waals surface area contributed by atoms with Gasteiger partial charge < -0.3 is 24.6 Å². The van der Waals surface area contributed by atoms with E-state index in [0.717, 1.165) is 38.5 Å². The Kier molecular flexibility index (Phi) is 39.4. The van der Waals surface area contributed by atoms with Crippen molar-refractivity contribution in [1.29, 1.82) is 0 Å². The van der Waals surface area contributed by atoms with Crippen LogP contribution in [0.5, 0.6) is 0 Å². The van der Waals surface area contributed by atoms with E-state index < -0.39 is 51.8 Å². The number of aliphatic hydroxyl groups excluding tert-OH is 2. The van der Waals surface area contributed by atoms with E-state index in [4.69, 9.17) is 19.1 Å². The molecule has 0 aliphatic rings. The van der Waals surface area contributed by atoms with Gasteiger partial charge in [0.15, 0.2) is 6.10 Å². The van der Waals surface area contributed by atoms with Gasteiger partial charge in [0.25, 0.3) is 0 Å². The van der Waals surface area contributed by atoms with E-state index in [1.165, 1.54) is 148 Å². The Hall–Kier alpha value is -1.03. The van der Waals surface area contributed by atoms with Crippen molar-refractivity contribution in [2.24, 2.45) is 0 Å². The van der Waals surface area contributed by atoms with Crippen molar-refractivity contribution in [3.8, 4) is 0 Å². The maximum Gasteiger partial charge on any atom is 0.472 e. The number of hydrogen-bond donors (Lipinski definition) is 3. The van der Waals surface area contributed by atoms with E-state index in [1.54, 1.807) is 0 Å². The molecule has 0 heterocycles. The molecule has 3 N–H and O–H groups in total. The van der Waals surface area contributed by atoms with Crippen molar-refractivity contribution in [2.75, 3.05) is 26.4 Å². The smallest absolute Gasteiger partial charge is 0.462 e. The van der Waals surface area contributed by atoms with Crippen LogP contribution in [-0.4, -0.2) is 65.7 Å². The van der Waals surface area contributed by atoms with Crippen LogP contribution in [0.15, 0.2) is 0 Å². The van der Waals surface area contributed by atoms with Crippen molar-refractivity contribution in [3.05, 3.63) is 0 Å². The summed E-state index contributed by atoms with van der Waals surface area (Å²) in [4.78, 5) is 34.9. The van der Waals surface area contributed by atoms with Gasteiger partial charge in [0.05, 0.1) is 19.8 Å². The number of carbonyl (C=O) groups is 2. The Morgan fingerprint density at radius 2 is 0.796 bits per heavy atom. The van der Waals surface area contributed by atoms with Gasteiger partial charge in [0, 0.05) is 12.8 Å². The van der Waals surface area contributed by atoms with Crippen molar-refractivity contribution in [3.63, 3.8) is 0 Å². The molecular formula is C43H85O10P. The summed E-state index contributed by atoms with van der Waals surface area (Å²) in [6, 6.07) is 0. The number of aliphatic hydroxyl groups is 2. The molecule has 0 bridgehead atoms. The highest BCUT2D eigenvalue weighted by Gasteiger charge is 2.27. The molecule has 0 aliphatic heterocycles. The Labute approximate surface area is 331 Å². The largest absolute Gasteiger partial charge is 0.472 e. The van der Waals surface area contributed by atoms with Crippen LogP contribution in [0.2, 0.25) is 0 Å². The molecule has 0 aromatic carbocycles. The molecule has 10 nitrogen and oxygen atoms in total. The highest BCUT2D eigenvalue weighted by molar-refractivity contribution is 7.47. The fourth-order valence-corrected chi connectivity index (χ4v) is 7.31. The normalized spacial score (nSPS) is 13.8. The first-order valence-corrected chi connectivity index (χ1v) is 24.0. The Balaban J connectivity index is 4.13. The van der Waals surface area contributed by atoms with Crippen molar-refractivity contribution in [2.45, 2.75) is 238 Å². The number of unbranched alkanes of at least 4 members (excludes halogenated alkanes) is 29. The summed E-state index contributed by atoms with van der Waals surface area (Å²) in [6.45, 7) is 2.40. The van der Waals surface area contributed by atoms with E-state index in [-0.39, 0.29) is 19.4 Å². The zero-order valence-electron chi connectivity index (χ0n) is 35.0. The monoisotopic (exact) mass is 793 g/mol. The van der Waals surface area contributed by atoms with Gasteiger partial charge >= 0.3 is 19.8 Å². The van der Waals surface area contributed by atoms with Crippen molar-refractivity contribution in [1.82, 2.24) is 0 Å². The summed E-state index contributed by atoms with van der Waals surface area (Å²) in [5.41, 5.74) is 0. The SMILES string of the molecule is CCCCCCCCCCCCCCCCCCCCCCCC(=O)OC(COC(=O)CCCCCCCCCCCC)COP(=O)(O)OCC(O)CO. The molecule has 0 aromatic heterocycles. The number of ether oxygens (including phenoxy) is 2. The lowest BCUT2D eigenvalue weighted by atomic mass is 10.0. The molecule has 0 radical (unpaired) electrons. The van der Waals surface area contributed by atoms with Crippen LogP contribution in [0.3, 0.4) is 0 Å². The maximum atomic E-state index is 12.6. The van der Waals surface area contributed by atoms with Gasteiger partial charge in [-0.05, 0) is 12.8 Å². The van der Waals surface area contributed by atoms with Gasteiger partial charge in [-0.15, -0.1) is 0 Å². The Bertz CT molecular complexity index is 873. The molecule has 322 valence electrons. The molecule has 0 spiro atoms. The summed E-state index contributed by atoms with van der Waals surface area (Å²) in [7, 11) is -4.61. The summed E-state index contributed by atoms with van der Waals surface area (Å²) >= 11 is 0. The van der Waals surface area contributed by atoms with Crippen molar-refractivity contribution < 1.29 is 47.8 Å². The molecule has 54 heavy (non-hydrogen) atoms. The third kappa shape index (κ3) is 39.2. The number of phosphoric ester groups is 1. The molecule has 0 saturated carbocycles. The number of rotatable bonds is 43. The number of hydrogen-bond acceptors (Lipinski definition) is 9. The molecule has 0 rings (SSSR count). The first-order valence-electron chi connectivity index (χ1n) is 22.5. The van der Waals surface area contributed by atoms with Crippen LogP contribution in [0.25, 0.3) is 0 Å². The fourth-order valence-electron chi connectivity index (χ4n) is 6.52. The number of esters is 2. The van der Waals surface area contributed by atoms with Crippen LogP contribution in [0.4, 0.5) is 0 Å². The van der Waals surface area contributed by atoms with Crippen LogP contribution >= 0.6 is 7.82 Å². The zero-order valence-corrected chi connectivity index (χ0v) is 35.9. The second kappa shape index (κ2) is 40.2. The second-order valence-electron chi connectivity index (χ2n) is 15.4. The van der Waals surface area contributed by atoms with Crippen LogP contribution in [0, 0.1) is 0 Å². The zero-order chi connectivity index (χ0) is 39.8. The van der Waals surface area contributed by atoms with E-state index in [1.807, 2.05) is 0 Å². The highest BCUT2D eigenvalue weighted by Crippen LogP contribution is 2.43. The third-order valence-corrected chi connectivity index (χ3v) is 11.0. The number of carbonyl (C=O) groups excluding carboxylic acids is 2. The summed E-state index contributed by atoms with van der Waals surface area (Å²) in [6.07, 6.45) is 36.5. The quantitative estimate of drug-likeness (QED) is 0.0309. The minimum atomic E-state index is -4.61. The van der Waals surface area contributed by atoms with Gasteiger partial charge in [0.2, 0.25) is 0 Å². The van der Waals surface area contributed by atoms with E-state index in [9.17, 15) is 24.2 Å². The van der Waals surface area contributed by atoms with Gasteiger partial charge in [-0.2, -0.15) is 0 Å². The topological polar surface area (TPSA) is 149 Å². The van der Waals surface area contributed by atoms with Gasteiger partial charge in [-0.3, -0.25) is 18.6 Å². The van der Waals surface area contributed by atoms with E-state index >= 15 is 0 Å². The van der Waals surface area contributed by atoms with Crippen molar-refractivity contribution >= 4 is 19.8 Å². The maximum absolute atomic E-state index is 12.6. The molecule has 0 amide bonds. The predicted octanol–water partition coefficient (Wildman–Crippen LogP) is 11.8. The molecule has 0 aromatic rings. The summed E-state index contributed by atoms with van der Waals surface area (Å²) in [5, 5.41) is 18.3. The van der Waals surface area contributed by atoms with Gasteiger partial charge in [-0.1, -0.05) is 200 Å². The lowest BCUT2D eigenvalue weighted by molar-refractivity contribution is -0.161. The summed E-state index contributed by atoms with van der Waals surface area (Å²) < 4.78 is 32.7. The minimum Gasteiger partial charge on any atom is -0.462 e. The average molecular weight is 793 g/mol. The molecule has 0 aliphatic carbocycles. The molecular weight excluding hydrogens is 707 g/mol. The Morgan fingerprint density at radius 3 is 1.15 bits per heavy atom. The molecule has 0 fully saturated rings. The molecule has 3 atom stereocenters. The highest BCUT2D eigenvalue weighted by atomic mass is 31.2. The second-order valence-corrected chi connectivity index (χ2v) is 16.9. The predicted molar refractivity (Wildman–Crippen MR) is 219 cm³/mol. The third-order valence-electron chi connectivity index (χ3n) is 10.0. The standard InChI is InChI=1S/C43H85O10P/c1-3-5-7-9-11-13-15-16-17-18-19-20-21-22-23-24-25-27-29-31-33-35-43(47)53-41(39-52-54(48,49)51-37-40(45)36-44)38-50-42(46)34-32-30-28-26-14-12-10-8-6-4-2/h40-41,44-45H,3-39H2,1-2H3,(H,48,49). The first-order chi connectivity index (χ1) is 26.2.